The summed E-state index contributed by atoms with van der Waals surface area (Å²) in [5.74, 6) is -0.462. The molecule has 2 aromatic carbocycles. The maximum absolute atomic E-state index is 13.6. The van der Waals surface area contributed by atoms with Gasteiger partial charge in [-0.25, -0.2) is 12.8 Å². The van der Waals surface area contributed by atoms with Crippen LogP contribution in [0, 0.1) is 5.82 Å². The van der Waals surface area contributed by atoms with Gasteiger partial charge in [0, 0.05) is 19.2 Å². The van der Waals surface area contributed by atoms with Crippen molar-refractivity contribution in [1.29, 1.82) is 0 Å². The van der Waals surface area contributed by atoms with Gasteiger partial charge in [-0.1, -0.05) is 18.2 Å². The van der Waals surface area contributed by atoms with Crippen LogP contribution >= 0.6 is 0 Å². The van der Waals surface area contributed by atoms with E-state index in [4.69, 9.17) is 0 Å². The number of benzene rings is 2. The lowest BCUT2D eigenvalue weighted by atomic mass is 10.1. The Morgan fingerprint density at radius 3 is 2.35 bits per heavy atom. The van der Waals surface area contributed by atoms with Gasteiger partial charge in [-0.05, 0) is 43.5 Å². The van der Waals surface area contributed by atoms with Gasteiger partial charge in [0.2, 0.25) is 0 Å². The molecule has 0 aliphatic carbocycles. The topological polar surface area (TPSA) is 49.4 Å². The first kappa shape index (κ1) is 15.8. The van der Waals surface area contributed by atoms with Crippen LogP contribution in [0.3, 0.4) is 0 Å². The lowest BCUT2D eigenvalue weighted by Crippen LogP contribution is -2.30. The smallest absolute Gasteiger partial charge is 0.261 e. The Morgan fingerprint density at radius 1 is 0.957 bits per heavy atom. The number of hydrogen-bond donors (Lipinski definition) is 1. The fourth-order valence-corrected chi connectivity index (χ4v) is 3.89. The van der Waals surface area contributed by atoms with E-state index in [1.54, 1.807) is 24.3 Å². The summed E-state index contributed by atoms with van der Waals surface area (Å²) in [6, 6.07) is 12.3. The normalized spacial score (nSPS) is 15.4. The predicted molar refractivity (Wildman–Crippen MR) is 89.7 cm³/mol. The average Bonchev–Trinajstić information content (AvgIpc) is 2.56. The van der Waals surface area contributed by atoms with Crippen LogP contribution in [0.4, 0.5) is 15.8 Å². The van der Waals surface area contributed by atoms with Crippen LogP contribution in [0.1, 0.15) is 19.3 Å². The summed E-state index contributed by atoms with van der Waals surface area (Å²) in [4.78, 5) is 2.26. The lowest BCUT2D eigenvalue weighted by molar-refractivity contribution is 0.577. The quantitative estimate of drug-likeness (QED) is 0.929. The number of nitrogens with zero attached hydrogens (tertiary/aromatic N) is 1. The third kappa shape index (κ3) is 3.64. The van der Waals surface area contributed by atoms with Crippen LogP contribution in [0.2, 0.25) is 0 Å². The summed E-state index contributed by atoms with van der Waals surface area (Å²) in [5, 5.41) is 0. The first-order chi connectivity index (χ1) is 11.1. The van der Waals surface area contributed by atoms with E-state index in [2.05, 4.69) is 9.62 Å². The van der Waals surface area contributed by atoms with Gasteiger partial charge in [-0.15, -0.1) is 0 Å². The molecule has 122 valence electrons. The van der Waals surface area contributed by atoms with Crippen molar-refractivity contribution in [1.82, 2.24) is 0 Å². The minimum absolute atomic E-state index is 0.161. The van der Waals surface area contributed by atoms with Crippen molar-refractivity contribution < 1.29 is 12.8 Å². The molecule has 6 heteroatoms. The van der Waals surface area contributed by atoms with Gasteiger partial charge in [0.15, 0.2) is 0 Å². The third-order valence-electron chi connectivity index (χ3n) is 3.95. The third-order valence-corrected chi connectivity index (χ3v) is 5.33. The summed E-state index contributed by atoms with van der Waals surface area (Å²) in [6.07, 6.45) is 3.28. The summed E-state index contributed by atoms with van der Waals surface area (Å²) >= 11 is 0. The van der Waals surface area contributed by atoms with E-state index in [1.165, 1.54) is 30.7 Å². The molecule has 1 fully saturated rings. The van der Waals surface area contributed by atoms with E-state index in [0.717, 1.165) is 31.6 Å². The zero-order valence-corrected chi connectivity index (χ0v) is 13.5. The van der Waals surface area contributed by atoms with Crippen molar-refractivity contribution in [3.8, 4) is 0 Å². The molecule has 0 spiro atoms. The molecule has 0 saturated carbocycles. The molecule has 4 nitrogen and oxygen atoms in total. The molecule has 0 aromatic heterocycles. The average molecular weight is 334 g/mol. The van der Waals surface area contributed by atoms with E-state index in [-0.39, 0.29) is 10.6 Å². The monoisotopic (exact) mass is 334 g/mol. The van der Waals surface area contributed by atoms with Gasteiger partial charge in [0.1, 0.15) is 5.82 Å². The van der Waals surface area contributed by atoms with Crippen molar-refractivity contribution >= 4 is 21.4 Å². The molecule has 1 aliphatic rings. The largest absolute Gasteiger partial charge is 0.370 e. The van der Waals surface area contributed by atoms with Gasteiger partial charge in [-0.3, -0.25) is 4.72 Å². The van der Waals surface area contributed by atoms with Crippen LogP contribution in [-0.4, -0.2) is 21.5 Å². The van der Waals surface area contributed by atoms with Crippen LogP contribution in [0.15, 0.2) is 53.4 Å². The molecule has 2 aromatic rings. The van der Waals surface area contributed by atoms with Crippen LogP contribution < -0.4 is 9.62 Å². The van der Waals surface area contributed by atoms with Crippen molar-refractivity contribution in [3.05, 3.63) is 54.3 Å². The summed E-state index contributed by atoms with van der Waals surface area (Å²) < 4.78 is 41.2. The first-order valence-electron chi connectivity index (χ1n) is 7.69. The van der Waals surface area contributed by atoms with Gasteiger partial charge in [-0.2, -0.15) is 0 Å². The molecular formula is C17H19FN2O2S. The molecule has 1 aliphatic heterocycles. The Balaban J connectivity index is 1.94. The van der Waals surface area contributed by atoms with Gasteiger partial charge < -0.3 is 4.90 Å². The van der Waals surface area contributed by atoms with Crippen molar-refractivity contribution in [2.75, 3.05) is 22.7 Å². The van der Waals surface area contributed by atoms with Crippen LogP contribution in [-0.2, 0) is 10.0 Å². The Morgan fingerprint density at radius 2 is 1.65 bits per heavy atom. The number of anilines is 2. The van der Waals surface area contributed by atoms with E-state index in [9.17, 15) is 12.8 Å². The molecule has 1 saturated heterocycles. The molecular weight excluding hydrogens is 315 g/mol. The molecule has 1 N–H and O–H groups in total. The molecule has 23 heavy (non-hydrogen) atoms. The van der Waals surface area contributed by atoms with Crippen molar-refractivity contribution in [2.45, 2.75) is 24.2 Å². The molecule has 0 unspecified atom stereocenters. The Labute approximate surface area is 136 Å². The maximum Gasteiger partial charge on any atom is 0.261 e. The molecule has 1 heterocycles. The van der Waals surface area contributed by atoms with Crippen molar-refractivity contribution in [2.24, 2.45) is 0 Å². The number of rotatable bonds is 4. The lowest BCUT2D eigenvalue weighted by Gasteiger charge is -2.30. The molecule has 0 radical (unpaired) electrons. The highest BCUT2D eigenvalue weighted by Gasteiger charge is 2.20. The highest BCUT2D eigenvalue weighted by Crippen LogP contribution is 2.31. The predicted octanol–water partition coefficient (Wildman–Crippen LogP) is 3.62. The highest BCUT2D eigenvalue weighted by molar-refractivity contribution is 7.92. The second-order valence-corrected chi connectivity index (χ2v) is 7.31. The highest BCUT2D eigenvalue weighted by atomic mass is 32.2. The van der Waals surface area contributed by atoms with Gasteiger partial charge in [0.25, 0.3) is 10.0 Å². The molecule has 0 atom stereocenters. The number of sulfonamides is 1. The molecule has 0 amide bonds. The Bertz CT molecular complexity index is 772. The molecule has 0 bridgehead atoms. The number of hydrogen-bond acceptors (Lipinski definition) is 3. The summed E-state index contributed by atoms with van der Waals surface area (Å²) in [5.41, 5.74) is 1.02. The summed E-state index contributed by atoms with van der Waals surface area (Å²) in [6.45, 7) is 1.71. The van der Waals surface area contributed by atoms with Gasteiger partial charge >= 0.3 is 0 Å². The van der Waals surface area contributed by atoms with Crippen molar-refractivity contribution in [3.63, 3.8) is 0 Å². The molecule has 3 rings (SSSR count). The standard InChI is InChI=1S/C17H19FN2O2S/c18-14-9-10-17(20-11-5-2-6-12-20)16(13-14)19-23(21,22)15-7-3-1-4-8-15/h1,3-4,7-10,13,19H,2,5-6,11-12H2. The Hall–Kier alpha value is -2.08. The minimum Gasteiger partial charge on any atom is -0.370 e. The number of halogens is 1. The fraction of sp³-hybridized carbons (Fsp3) is 0.294. The van der Waals surface area contributed by atoms with E-state index < -0.39 is 15.8 Å². The second kappa shape index (κ2) is 6.58. The number of piperidine rings is 1. The SMILES string of the molecule is O=S(=O)(Nc1cc(F)ccc1N1CCCCC1)c1ccccc1. The van der Waals surface area contributed by atoms with E-state index in [1.807, 2.05) is 0 Å². The zero-order valence-electron chi connectivity index (χ0n) is 12.7. The van der Waals surface area contributed by atoms with Gasteiger partial charge in [0.05, 0.1) is 16.3 Å². The minimum atomic E-state index is -3.73. The van der Waals surface area contributed by atoms with Crippen LogP contribution in [0.25, 0.3) is 0 Å². The zero-order chi connectivity index (χ0) is 16.3. The van der Waals surface area contributed by atoms with Crippen LogP contribution in [0.5, 0.6) is 0 Å². The Kier molecular flexibility index (Phi) is 4.52. The fourth-order valence-electron chi connectivity index (χ4n) is 2.80. The first-order valence-corrected chi connectivity index (χ1v) is 9.17. The maximum atomic E-state index is 13.6. The van der Waals surface area contributed by atoms with E-state index >= 15 is 0 Å². The van der Waals surface area contributed by atoms with E-state index in [0.29, 0.717) is 0 Å². The second-order valence-electron chi connectivity index (χ2n) is 5.63. The number of nitrogens with one attached hydrogen (secondary N) is 1. The summed E-state index contributed by atoms with van der Waals surface area (Å²) in [7, 11) is -3.73.